The summed E-state index contributed by atoms with van der Waals surface area (Å²) in [4.78, 5) is 0.579. The standard InChI is InChI=1S/C16H23ClO2S/c1-11(2)13-9-8-12(3)10-15(13)19-20(18)16-7-5-4-6-14(16)17/h4-7,11-13,15H,8-10H2,1-3H3/t12-,13+,15-,20+/m1/s1. The molecule has 1 aromatic carbocycles. The van der Waals surface area contributed by atoms with Crippen LogP contribution in [0.2, 0.25) is 5.02 Å². The van der Waals surface area contributed by atoms with Gasteiger partial charge in [-0.15, -0.1) is 0 Å². The van der Waals surface area contributed by atoms with Crippen molar-refractivity contribution in [3.63, 3.8) is 0 Å². The van der Waals surface area contributed by atoms with Crippen molar-refractivity contribution in [3.8, 4) is 0 Å². The number of benzene rings is 1. The molecule has 1 aliphatic carbocycles. The zero-order valence-corrected chi connectivity index (χ0v) is 13.9. The van der Waals surface area contributed by atoms with Crippen molar-refractivity contribution in [3.05, 3.63) is 29.3 Å². The Morgan fingerprint density at radius 1 is 1.30 bits per heavy atom. The van der Waals surface area contributed by atoms with Gasteiger partial charge in [0.1, 0.15) is 0 Å². The molecule has 0 aliphatic heterocycles. The van der Waals surface area contributed by atoms with E-state index in [1.54, 1.807) is 12.1 Å². The molecule has 2 rings (SSSR count). The predicted molar refractivity (Wildman–Crippen MR) is 84.1 cm³/mol. The minimum atomic E-state index is -1.48. The van der Waals surface area contributed by atoms with E-state index in [0.717, 1.165) is 12.8 Å². The molecule has 1 aromatic rings. The third-order valence-electron chi connectivity index (χ3n) is 4.19. The molecule has 1 saturated carbocycles. The molecule has 4 atom stereocenters. The zero-order valence-electron chi connectivity index (χ0n) is 12.3. The van der Waals surface area contributed by atoms with Gasteiger partial charge in [-0.2, -0.15) is 0 Å². The average molecular weight is 315 g/mol. The fraction of sp³-hybridized carbons (Fsp3) is 0.625. The summed E-state index contributed by atoms with van der Waals surface area (Å²) >= 11 is 4.61. The second-order valence-corrected chi connectivity index (χ2v) is 7.63. The Labute approximate surface area is 129 Å². The highest BCUT2D eigenvalue weighted by molar-refractivity contribution is 7.80. The molecule has 1 aliphatic rings. The number of hydrogen-bond donors (Lipinski definition) is 0. The SMILES string of the molecule is CC(C)[C@@H]1CC[C@@H](C)C[C@H]1O[S@](=O)c1ccccc1Cl. The van der Waals surface area contributed by atoms with Crippen LogP contribution in [0.15, 0.2) is 29.2 Å². The highest BCUT2D eigenvalue weighted by Crippen LogP contribution is 2.36. The van der Waals surface area contributed by atoms with Crippen LogP contribution in [-0.2, 0) is 15.3 Å². The lowest BCUT2D eigenvalue weighted by atomic mass is 9.75. The van der Waals surface area contributed by atoms with Gasteiger partial charge in [-0.25, -0.2) is 4.21 Å². The highest BCUT2D eigenvalue weighted by atomic mass is 35.5. The third-order valence-corrected chi connectivity index (χ3v) is 5.77. The van der Waals surface area contributed by atoms with Crippen molar-refractivity contribution in [2.45, 2.75) is 51.0 Å². The summed E-state index contributed by atoms with van der Waals surface area (Å²) in [7, 11) is 0. The van der Waals surface area contributed by atoms with Gasteiger partial charge in [-0.05, 0) is 42.7 Å². The summed E-state index contributed by atoms with van der Waals surface area (Å²) < 4.78 is 18.3. The van der Waals surface area contributed by atoms with E-state index in [1.807, 2.05) is 12.1 Å². The minimum absolute atomic E-state index is 0.0656. The molecular formula is C16H23ClO2S. The van der Waals surface area contributed by atoms with Crippen molar-refractivity contribution in [1.82, 2.24) is 0 Å². The fourth-order valence-corrected chi connectivity index (χ4v) is 4.26. The molecule has 0 saturated heterocycles. The van der Waals surface area contributed by atoms with Crippen LogP contribution in [0.3, 0.4) is 0 Å². The maximum Gasteiger partial charge on any atom is 0.190 e. The molecule has 0 amide bonds. The highest BCUT2D eigenvalue weighted by Gasteiger charge is 2.33. The van der Waals surface area contributed by atoms with E-state index in [-0.39, 0.29) is 6.10 Å². The molecule has 0 spiro atoms. The van der Waals surface area contributed by atoms with E-state index in [0.29, 0.717) is 27.7 Å². The summed E-state index contributed by atoms with van der Waals surface area (Å²) in [6.45, 7) is 6.68. The Balaban J connectivity index is 2.10. The summed E-state index contributed by atoms with van der Waals surface area (Å²) in [5.41, 5.74) is 0. The summed E-state index contributed by atoms with van der Waals surface area (Å²) in [5, 5.41) is 0.510. The Morgan fingerprint density at radius 3 is 2.65 bits per heavy atom. The van der Waals surface area contributed by atoms with Crippen LogP contribution >= 0.6 is 11.6 Å². The molecule has 0 N–H and O–H groups in total. The molecule has 1 fully saturated rings. The van der Waals surface area contributed by atoms with Gasteiger partial charge in [0.25, 0.3) is 0 Å². The van der Waals surface area contributed by atoms with Crippen LogP contribution in [0.5, 0.6) is 0 Å². The molecule has 20 heavy (non-hydrogen) atoms. The molecule has 112 valence electrons. The first-order valence-electron chi connectivity index (χ1n) is 7.32. The second kappa shape index (κ2) is 7.06. The Hall–Kier alpha value is -0.380. The Morgan fingerprint density at radius 2 is 2.00 bits per heavy atom. The zero-order chi connectivity index (χ0) is 14.7. The lowest BCUT2D eigenvalue weighted by Gasteiger charge is -2.36. The van der Waals surface area contributed by atoms with Gasteiger partial charge in [0.15, 0.2) is 11.1 Å². The number of rotatable bonds is 4. The number of hydrogen-bond acceptors (Lipinski definition) is 2. The van der Waals surface area contributed by atoms with Crippen molar-refractivity contribution < 1.29 is 8.39 Å². The van der Waals surface area contributed by atoms with E-state index < -0.39 is 11.1 Å². The van der Waals surface area contributed by atoms with E-state index >= 15 is 0 Å². The maximum absolute atomic E-state index is 12.4. The van der Waals surface area contributed by atoms with Crippen LogP contribution in [0.1, 0.15) is 40.0 Å². The lowest BCUT2D eigenvalue weighted by Crippen LogP contribution is -2.34. The topological polar surface area (TPSA) is 26.3 Å². The van der Waals surface area contributed by atoms with Crippen LogP contribution in [0, 0.1) is 17.8 Å². The molecule has 0 heterocycles. The Kier molecular flexibility index (Phi) is 5.65. The van der Waals surface area contributed by atoms with E-state index in [9.17, 15) is 4.21 Å². The van der Waals surface area contributed by atoms with E-state index in [2.05, 4.69) is 20.8 Å². The van der Waals surface area contributed by atoms with Crippen molar-refractivity contribution in [1.29, 1.82) is 0 Å². The molecule has 0 aromatic heterocycles. The van der Waals surface area contributed by atoms with Crippen LogP contribution < -0.4 is 0 Å². The largest absolute Gasteiger partial charge is 0.283 e. The van der Waals surface area contributed by atoms with Crippen LogP contribution in [-0.4, -0.2) is 10.3 Å². The average Bonchev–Trinajstić information content (AvgIpc) is 2.38. The molecular weight excluding hydrogens is 292 g/mol. The summed E-state index contributed by atoms with van der Waals surface area (Å²) in [5.74, 6) is 1.67. The first kappa shape index (κ1) is 16.0. The number of halogens is 1. The normalized spacial score (nSPS) is 28.6. The van der Waals surface area contributed by atoms with Gasteiger partial charge >= 0.3 is 0 Å². The van der Waals surface area contributed by atoms with Gasteiger partial charge in [-0.1, -0.05) is 50.9 Å². The summed E-state index contributed by atoms with van der Waals surface area (Å²) in [6.07, 6.45) is 3.44. The van der Waals surface area contributed by atoms with Crippen molar-refractivity contribution in [2.24, 2.45) is 17.8 Å². The molecule has 0 radical (unpaired) electrons. The monoisotopic (exact) mass is 314 g/mol. The van der Waals surface area contributed by atoms with E-state index in [1.165, 1.54) is 6.42 Å². The molecule has 4 heteroatoms. The van der Waals surface area contributed by atoms with Gasteiger partial charge in [-0.3, -0.25) is 4.18 Å². The fourth-order valence-electron chi connectivity index (χ4n) is 2.97. The van der Waals surface area contributed by atoms with Gasteiger partial charge < -0.3 is 0 Å². The smallest absolute Gasteiger partial charge is 0.190 e. The second-order valence-electron chi connectivity index (χ2n) is 6.13. The third kappa shape index (κ3) is 3.84. The van der Waals surface area contributed by atoms with Gasteiger partial charge in [0.2, 0.25) is 0 Å². The van der Waals surface area contributed by atoms with Crippen molar-refractivity contribution in [2.75, 3.05) is 0 Å². The van der Waals surface area contributed by atoms with Crippen molar-refractivity contribution >= 4 is 22.7 Å². The maximum atomic E-state index is 12.4. The first-order chi connectivity index (χ1) is 9.49. The van der Waals surface area contributed by atoms with E-state index in [4.69, 9.17) is 15.8 Å². The van der Waals surface area contributed by atoms with Gasteiger partial charge in [0.05, 0.1) is 16.0 Å². The quantitative estimate of drug-likeness (QED) is 0.795. The van der Waals surface area contributed by atoms with Gasteiger partial charge in [0, 0.05) is 0 Å². The van der Waals surface area contributed by atoms with Crippen LogP contribution in [0.4, 0.5) is 0 Å². The Bertz CT molecular complexity index is 475. The van der Waals surface area contributed by atoms with Crippen LogP contribution in [0.25, 0.3) is 0 Å². The molecule has 0 bridgehead atoms. The molecule has 2 nitrogen and oxygen atoms in total. The first-order valence-corrected chi connectivity index (χ1v) is 8.77. The molecule has 0 unspecified atom stereocenters. The minimum Gasteiger partial charge on any atom is -0.283 e. The summed E-state index contributed by atoms with van der Waals surface area (Å²) in [6, 6.07) is 7.20. The lowest BCUT2D eigenvalue weighted by molar-refractivity contribution is 0.0567. The predicted octanol–water partition coefficient (Wildman–Crippen LogP) is 4.84.